The van der Waals surface area contributed by atoms with E-state index in [4.69, 9.17) is 0 Å². The van der Waals surface area contributed by atoms with Crippen LogP contribution < -0.4 is 15.8 Å². The maximum absolute atomic E-state index is 15.4. The van der Waals surface area contributed by atoms with Crippen molar-refractivity contribution in [3.05, 3.63) is 81.3 Å². The third-order valence-corrected chi connectivity index (χ3v) is 7.38. The summed E-state index contributed by atoms with van der Waals surface area (Å²) in [5, 5.41) is 3.03. The minimum absolute atomic E-state index is 0.0333. The van der Waals surface area contributed by atoms with Crippen molar-refractivity contribution in [3.8, 4) is 11.1 Å². The minimum Gasteiger partial charge on any atom is -0.336 e. The number of aromatic nitrogens is 5. The van der Waals surface area contributed by atoms with Crippen LogP contribution in [0.4, 0.5) is 21.7 Å². The number of anilines is 3. The Hall–Kier alpha value is -4.67. The summed E-state index contributed by atoms with van der Waals surface area (Å²) in [6.45, 7) is 2.43. The molecule has 198 valence electrons. The molecule has 5 heterocycles. The fourth-order valence-corrected chi connectivity index (χ4v) is 5.57. The molecule has 0 fully saturated rings. The van der Waals surface area contributed by atoms with Gasteiger partial charge in [-0.05, 0) is 56.4 Å². The number of pyridine rings is 2. The second kappa shape index (κ2) is 9.57. The molecular formula is C28H26FN7O3. The lowest BCUT2D eigenvalue weighted by atomic mass is 9.97. The maximum Gasteiger partial charge on any atom is 0.279 e. The van der Waals surface area contributed by atoms with Crippen LogP contribution in [0.2, 0.25) is 0 Å². The Kier molecular flexibility index (Phi) is 6.05. The molecule has 1 aliphatic heterocycles. The van der Waals surface area contributed by atoms with Crippen molar-refractivity contribution in [1.29, 1.82) is 0 Å². The van der Waals surface area contributed by atoms with E-state index >= 15 is 4.39 Å². The molecule has 0 saturated carbocycles. The molecule has 0 radical (unpaired) electrons. The average molecular weight is 528 g/mol. The van der Waals surface area contributed by atoms with E-state index in [2.05, 4.69) is 20.3 Å². The van der Waals surface area contributed by atoms with E-state index in [1.807, 2.05) is 0 Å². The normalized spacial score (nSPS) is 14.6. The number of carbonyl (C=O) groups excluding carboxylic acids is 2. The van der Waals surface area contributed by atoms with Gasteiger partial charge >= 0.3 is 0 Å². The summed E-state index contributed by atoms with van der Waals surface area (Å²) in [7, 11) is 1.61. The van der Waals surface area contributed by atoms with E-state index in [1.165, 1.54) is 15.7 Å². The highest BCUT2D eigenvalue weighted by Crippen LogP contribution is 2.35. The molecule has 0 saturated heterocycles. The molecule has 0 bridgehead atoms. The number of aldehydes is 1. The van der Waals surface area contributed by atoms with Crippen molar-refractivity contribution in [2.24, 2.45) is 7.05 Å². The van der Waals surface area contributed by atoms with Crippen molar-refractivity contribution in [2.45, 2.75) is 39.2 Å². The van der Waals surface area contributed by atoms with Crippen molar-refractivity contribution in [3.63, 3.8) is 0 Å². The number of aryl methyl sites for hydroxylation is 2. The third kappa shape index (κ3) is 4.10. The van der Waals surface area contributed by atoms with Crippen LogP contribution in [0.25, 0.3) is 11.1 Å². The Morgan fingerprint density at radius 3 is 2.67 bits per heavy atom. The second-order valence-corrected chi connectivity index (χ2v) is 9.79. The van der Waals surface area contributed by atoms with Gasteiger partial charge in [0.15, 0.2) is 12.1 Å². The highest BCUT2D eigenvalue weighted by Gasteiger charge is 2.36. The predicted octanol–water partition coefficient (Wildman–Crippen LogP) is 3.58. The molecule has 0 spiro atoms. The Balaban J connectivity index is 1.41. The summed E-state index contributed by atoms with van der Waals surface area (Å²) in [5.74, 6) is 0.186. The molecule has 1 N–H and O–H groups in total. The molecule has 2 aliphatic rings. The van der Waals surface area contributed by atoms with Crippen LogP contribution in [-0.2, 0) is 26.4 Å². The molecule has 4 aromatic rings. The Morgan fingerprint density at radius 1 is 1.08 bits per heavy atom. The van der Waals surface area contributed by atoms with Crippen LogP contribution in [0.15, 0.2) is 41.6 Å². The van der Waals surface area contributed by atoms with Gasteiger partial charge in [-0.3, -0.25) is 19.3 Å². The van der Waals surface area contributed by atoms with Gasteiger partial charge < -0.3 is 14.5 Å². The first-order valence-corrected chi connectivity index (χ1v) is 12.8. The molecule has 4 aromatic heterocycles. The summed E-state index contributed by atoms with van der Waals surface area (Å²) in [5.41, 5.74) is 2.76. The van der Waals surface area contributed by atoms with Crippen molar-refractivity contribution in [1.82, 2.24) is 24.1 Å². The standard InChI is InChI=1S/C28H26FN7O3/c1-16-30-10-8-23(32-16)33-21-13-17(14-34(2)27(21)38)18-7-9-31-26(20(18)15-37)36-12-11-35-22-6-4-3-5-19(22)24(29)25(35)28(36)39/h7-10,13-15H,3-6,11-12H2,1-2H3,(H,30,32,33). The first-order chi connectivity index (χ1) is 18.9. The van der Waals surface area contributed by atoms with Gasteiger partial charge in [0.1, 0.15) is 28.8 Å². The molecule has 11 heteroatoms. The lowest BCUT2D eigenvalue weighted by Gasteiger charge is -2.30. The van der Waals surface area contributed by atoms with Gasteiger partial charge in [-0.2, -0.15) is 0 Å². The number of nitrogens with zero attached hydrogens (tertiary/aromatic N) is 6. The Bertz CT molecular complexity index is 1710. The monoisotopic (exact) mass is 527 g/mol. The van der Waals surface area contributed by atoms with Gasteiger partial charge in [0.2, 0.25) is 0 Å². The highest BCUT2D eigenvalue weighted by molar-refractivity contribution is 6.09. The SMILES string of the molecule is Cc1nccc(Nc2cc(-c3ccnc(N4CCn5c6c(c(F)c5C4=O)CCCC6)c3C=O)cn(C)c2=O)n1. The number of nitrogens with one attached hydrogen (secondary N) is 1. The first-order valence-electron chi connectivity index (χ1n) is 12.8. The van der Waals surface area contributed by atoms with Crippen LogP contribution in [0.1, 0.15) is 50.8 Å². The molecule has 39 heavy (non-hydrogen) atoms. The van der Waals surface area contributed by atoms with E-state index in [0.717, 1.165) is 25.0 Å². The molecule has 0 unspecified atom stereocenters. The number of fused-ring (bicyclic) bond motifs is 3. The zero-order valence-corrected chi connectivity index (χ0v) is 21.6. The van der Waals surface area contributed by atoms with E-state index in [0.29, 0.717) is 47.6 Å². The van der Waals surface area contributed by atoms with Crippen LogP contribution >= 0.6 is 0 Å². The summed E-state index contributed by atoms with van der Waals surface area (Å²) in [6, 6.07) is 4.93. The summed E-state index contributed by atoms with van der Waals surface area (Å²) in [4.78, 5) is 53.0. The lowest BCUT2D eigenvalue weighted by Crippen LogP contribution is -2.42. The quantitative estimate of drug-likeness (QED) is 0.395. The molecular weight excluding hydrogens is 501 g/mol. The van der Waals surface area contributed by atoms with Crippen molar-refractivity contribution >= 4 is 29.5 Å². The van der Waals surface area contributed by atoms with E-state index in [1.54, 1.807) is 49.1 Å². The summed E-state index contributed by atoms with van der Waals surface area (Å²) >= 11 is 0. The number of halogens is 1. The number of amides is 1. The van der Waals surface area contributed by atoms with Crippen LogP contribution in [0.3, 0.4) is 0 Å². The third-order valence-electron chi connectivity index (χ3n) is 7.38. The van der Waals surface area contributed by atoms with Gasteiger partial charge in [-0.15, -0.1) is 0 Å². The zero-order chi connectivity index (χ0) is 27.3. The Morgan fingerprint density at radius 2 is 1.87 bits per heavy atom. The van der Waals surface area contributed by atoms with E-state index in [-0.39, 0.29) is 34.9 Å². The highest BCUT2D eigenvalue weighted by atomic mass is 19.1. The van der Waals surface area contributed by atoms with Gasteiger partial charge in [-0.25, -0.2) is 19.3 Å². The first kappa shape index (κ1) is 24.7. The number of hydrogen-bond acceptors (Lipinski definition) is 7. The average Bonchev–Trinajstić information content (AvgIpc) is 3.23. The van der Waals surface area contributed by atoms with Gasteiger partial charge in [0.05, 0.1) is 5.56 Å². The molecule has 10 nitrogen and oxygen atoms in total. The maximum atomic E-state index is 15.4. The fraction of sp³-hybridized carbons (Fsp3) is 0.286. The predicted molar refractivity (Wildman–Crippen MR) is 143 cm³/mol. The van der Waals surface area contributed by atoms with Gasteiger partial charge in [0, 0.05) is 55.5 Å². The number of rotatable bonds is 5. The van der Waals surface area contributed by atoms with Gasteiger partial charge in [0.25, 0.3) is 11.5 Å². The Labute approximate surface area is 223 Å². The second-order valence-electron chi connectivity index (χ2n) is 9.79. The van der Waals surface area contributed by atoms with Crippen LogP contribution in [0.5, 0.6) is 0 Å². The van der Waals surface area contributed by atoms with Crippen LogP contribution in [0, 0.1) is 12.7 Å². The topological polar surface area (TPSA) is 115 Å². The molecule has 1 amide bonds. The summed E-state index contributed by atoms with van der Waals surface area (Å²) < 4.78 is 18.6. The molecule has 0 aromatic carbocycles. The molecule has 6 rings (SSSR count). The summed E-state index contributed by atoms with van der Waals surface area (Å²) in [6.07, 6.45) is 8.60. The number of hydrogen-bond donors (Lipinski definition) is 1. The van der Waals surface area contributed by atoms with Gasteiger partial charge in [-0.1, -0.05) is 0 Å². The molecule has 1 aliphatic carbocycles. The number of carbonyl (C=O) groups is 2. The minimum atomic E-state index is -0.511. The van der Waals surface area contributed by atoms with E-state index < -0.39 is 11.7 Å². The lowest BCUT2D eigenvalue weighted by molar-refractivity contribution is 0.0959. The molecule has 0 atom stereocenters. The van der Waals surface area contributed by atoms with E-state index in [9.17, 15) is 14.4 Å². The van der Waals surface area contributed by atoms with Crippen molar-refractivity contribution in [2.75, 3.05) is 16.8 Å². The zero-order valence-electron chi connectivity index (χ0n) is 21.6. The van der Waals surface area contributed by atoms with Crippen LogP contribution in [-0.4, -0.2) is 42.8 Å². The smallest absolute Gasteiger partial charge is 0.279 e. The fourth-order valence-electron chi connectivity index (χ4n) is 5.57. The van der Waals surface area contributed by atoms with Crippen molar-refractivity contribution < 1.29 is 14.0 Å². The largest absolute Gasteiger partial charge is 0.336 e.